The molecule has 0 aromatic heterocycles. The van der Waals surface area contributed by atoms with E-state index in [2.05, 4.69) is 36.5 Å². The van der Waals surface area contributed by atoms with Gasteiger partial charge in [0.1, 0.15) is 0 Å². The Morgan fingerprint density at radius 1 is 1.31 bits per heavy atom. The van der Waals surface area contributed by atoms with Crippen LogP contribution in [-0.4, -0.2) is 13.1 Å². The second kappa shape index (κ2) is 4.64. The van der Waals surface area contributed by atoms with E-state index in [9.17, 15) is 0 Å². The van der Waals surface area contributed by atoms with Gasteiger partial charge in [0.05, 0.1) is 0 Å². The molecule has 1 heterocycles. The van der Waals surface area contributed by atoms with Crippen LogP contribution in [0, 0.1) is 12.8 Å². The van der Waals surface area contributed by atoms with Crippen LogP contribution in [0.4, 0.5) is 0 Å². The van der Waals surface area contributed by atoms with E-state index in [1.54, 1.807) is 0 Å². The first kappa shape index (κ1) is 10.6. The van der Waals surface area contributed by atoms with Crippen LogP contribution in [0.5, 0.6) is 0 Å². The number of nitrogens with one attached hydrogen (secondary N) is 1. The lowest BCUT2D eigenvalue weighted by Crippen LogP contribution is -2.43. The predicted octanol–water partition coefficient (Wildman–Crippen LogP) is 2.18. The highest BCUT2D eigenvalue weighted by molar-refractivity contribution is 5.85. The van der Waals surface area contributed by atoms with Crippen LogP contribution in [0.15, 0.2) is 24.3 Å². The number of rotatable bonds is 2. The molecule has 1 saturated heterocycles. The van der Waals surface area contributed by atoms with E-state index in [-0.39, 0.29) is 12.4 Å². The zero-order valence-electron chi connectivity index (χ0n) is 7.92. The third-order valence-corrected chi connectivity index (χ3v) is 2.64. The maximum absolute atomic E-state index is 3.30. The molecule has 72 valence electrons. The highest BCUT2D eigenvalue weighted by atomic mass is 35.5. The molecular formula is C11H16ClN. The molecule has 0 unspecified atom stereocenters. The molecule has 1 aliphatic heterocycles. The van der Waals surface area contributed by atoms with Crippen LogP contribution in [-0.2, 0) is 6.42 Å². The van der Waals surface area contributed by atoms with E-state index >= 15 is 0 Å². The van der Waals surface area contributed by atoms with Crippen molar-refractivity contribution in [2.24, 2.45) is 5.92 Å². The number of aryl methyl sites for hydroxylation is 1. The summed E-state index contributed by atoms with van der Waals surface area (Å²) in [5.74, 6) is 0.881. The maximum Gasteiger partial charge on any atom is -0.000506 e. The van der Waals surface area contributed by atoms with Crippen LogP contribution >= 0.6 is 12.4 Å². The molecule has 2 heteroatoms. The number of halogens is 1. The van der Waals surface area contributed by atoms with Crippen molar-refractivity contribution in [3.05, 3.63) is 35.4 Å². The van der Waals surface area contributed by atoms with Crippen molar-refractivity contribution in [2.75, 3.05) is 13.1 Å². The molecule has 0 aliphatic carbocycles. The standard InChI is InChI=1S/C11H15N.ClH/c1-9-4-2-3-5-11(9)6-10-7-12-8-10;/h2-5,10,12H,6-8H2,1H3;1H. The van der Waals surface area contributed by atoms with E-state index < -0.39 is 0 Å². The molecule has 2 rings (SSSR count). The molecule has 0 amide bonds. The quantitative estimate of drug-likeness (QED) is 0.767. The van der Waals surface area contributed by atoms with Crippen LogP contribution in [0.25, 0.3) is 0 Å². The van der Waals surface area contributed by atoms with E-state index in [0.29, 0.717) is 0 Å². The summed E-state index contributed by atoms with van der Waals surface area (Å²) in [6, 6.07) is 8.68. The normalized spacial score (nSPS) is 16.1. The molecule has 0 spiro atoms. The molecule has 1 aliphatic rings. The van der Waals surface area contributed by atoms with Gasteiger partial charge in [-0.2, -0.15) is 0 Å². The number of benzene rings is 1. The lowest BCUT2D eigenvalue weighted by Gasteiger charge is -2.27. The lowest BCUT2D eigenvalue weighted by atomic mass is 9.92. The minimum absolute atomic E-state index is 0. The average Bonchev–Trinajstić information content (AvgIpc) is 2.00. The molecular weight excluding hydrogens is 182 g/mol. The topological polar surface area (TPSA) is 12.0 Å². The summed E-state index contributed by atoms with van der Waals surface area (Å²) in [6.07, 6.45) is 1.25. The molecule has 13 heavy (non-hydrogen) atoms. The zero-order valence-corrected chi connectivity index (χ0v) is 8.73. The summed E-state index contributed by atoms with van der Waals surface area (Å²) in [7, 11) is 0. The maximum atomic E-state index is 3.30. The summed E-state index contributed by atoms with van der Waals surface area (Å²) < 4.78 is 0. The Morgan fingerprint density at radius 3 is 2.54 bits per heavy atom. The highest BCUT2D eigenvalue weighted by Gasteiger charge is 2.17. The van der Waals surface area contributed by atoms with Crippen molar-refractivity contribution in [1.82, 2.24) is 5.32 Å². The minimum atomic E-state index is 0. The van der Waals surface area contributed by atoms with Crippen molar-refractivity contribution in [3.63, 3.8) is 0 Å². The van der Waals surface area contributed by atoms with Crippen LogP contribution in [0.1, 0.15) is 11.1 Å². The Bertz CT molecular complexity index is 269. The van der Waals surface area contributed by atoms with Crippen molar-refractivity contribution in [2.45, 2.75) is 13.3 Å². The zero-order chi connectivity index (χ0) is 8.39. The molecule has 1 aromatic rings. The van der Waals surface area contributed by atoms with Gasteiger partial charge in [-0.25, -0.2) is 0 Å². The second-order valence-corrected chi connectivity index (χ2v) is 3.65. The van der Waals surface area contributed by atoms with Gasteiger partial charge in [0.15, 0.2) is 0 Å². The smallest absolute Gasteiger partial charge is 0.000506 e. The minimum Gasteiger partial charge on any atom is -0.316 e. The van der Waals surface area contributed by atoms with Crippen LogP contribution in [0.2, 0.25) is 0 Å². The van der Waals surface area contributed by atoms with Gasteiger partial charge in [0.25, 0.3) is 0 Å². The second-order valence-electron chi connectivity index (χ2n) is 3.65. The number of hydrogen-bond donors (Lipinski definition) is 1. The molecule has 1 aromatic carbocycles. The largest absolute Gasteiger partial charge is 0.316 e. The lowest BCUT2D eigenvalue weighted by molar-refractivity contribution is 0.346. The van der Waals surface area contributed by atoms with E-state index in [4.69, 9.17) is 0 Å². The summed E-state index contributed by atoms with van der Waals surface area (Å²) in [5, 5.41) is 3.30. The summed E-state index contributed by atoms with van der Waals surface area (Å²) >= 11 is 0. The Morgan fingerprint density at radius 2 is 2.00 bits per heavy atom. The van der Waals surface area contributed by atoms with Crippen LogP contribution < -0.4 is 5.32 Å². The Hall–Kier alpha value is -0.530. The van der Waals surface area contributed by atoms with Gasteiger partial charge < -0.3 is 5.32 Å². The van der Waals surface area contributed by atoms with Crippen molar-refractivity contribution in [1.29, 1.82) is 0 Å². The van der Waals surface area contributed by atoms with Gasteiger partial charge in [-0.05, 0) is 43.5 Å². The molecule has 1 nitrogen and oxygen atoms in total. The van der Waals surface area contributed by atoms with Gasteiger partial charge in [-0.15, -0.1) is 12.4 Å². The van der Waals surface area contributed by atoms with Gasteiger partial charge in [-0.3, -0.25) is 0 Å². The molecule has 0 saturated carbocycles. The third kappa shape index (κ3) is 2.45. The Balaban J connectivity index is 0.000000845. The summed E-state index contributed by atoms with van der Waals surface area (Å²) in [4.78, 5) is 0. The monoisotopic (exact) mass is 197 g/mol. The Kier molecular flexibility index (Phi) is 3.76. The fraction of sp³-hybridized carbons (Fsp3) is 0.455. The predicted molar refractivity (Wildman–Crippen MR) is 58.5 cm³/mol. The number of hydrogen-bond acceptors (Lipinski definition) is 1. The van der Waals surface area contributed by atoms with Gasteiger partial charge in [-0.1, -0.05) is 24.3 Å². The van der Waals surface area contributed by atoms with Crippen LogP contribution in [0.3, 0.4) is 0 Å². The first-order valence-corrected chi connectivity index (χ1v) is 4.61. The highest BCUT2D eigenvalue weighted by Crippen LogP contribution is 2.15. The summed E-state index contributed by atoms with van der Waals surface area (Å²) in [5.41, 5.74) is 2.95. The summed E-state index contributed by atoms with van der Waals surface area (Å²) in [6.45, 7) is 4.60. The molecule has 0 radical (unpaired) electrons. The molecule has 0 bridgehead atoms. The first-order chi connectivity index (χ1) is 5.86. The van der Waals surface area contributed by atoms with E-state index in [1.165, 1.54) is 30.6 Å². The molecule has 1 N–H and O–H groups in total. The van der Waals surface area contributed by atoms with Crippen molar-refractivity contribution < 1.29 is 0 Å². The van der Waals surface area contributed by atoms with Gasteiger partial charge >= 0.3 is 0 Å². The van der Waals surface area contributed by atoms with E-state index in [1.807, 2.05) is 0 Å². The Labute approximate surface area is 86.0 Å². The third-order valence-electron chi connectivity index (χ3n) is 2.64. The molecule has 1 fully saturated rings. The molecule has 0 atom stereocenters. The van der Waals surface area contributed by atoms with Crippen molar-refractivity contribution in [3.8, 4) is 0 Å². The first-order valence-electron chi connectivity index (χ1n) is 4.61. The van der Waals surface area contributed by atoms with Gasteiger partial charge in [0, 0.05) is 0 Å². The fourth-order valence-electron chi connectivity index (χ4n) is 1.64. The average molecular weight is 198 g/mol. The fourth-order valence-corrected chi connectivity index (χ4v) is 1.64. The van der Waals surface area contributed by atoms with Crippen molar-refractivity contribution >= 4 is 12.4 Å². The SMILES string of the molecule is Cc1ccccc1CC1CNC1.Cl. The van der Waals surface area contributed by atoms with Gasteiger partial charge in [0.2, 0.25) is 0 Å². The van der Waals surface area contributed by atoms with E-state index in [0.717, 1.165) is 5.92 Å².